The van der Waals surface area contributed by atoms with Gasteiger partial charge in [-0.3, -0.25) is 14.9 Å². The Bertz CT molecular complexity index is 730. The Labute approximate surface area is 149 Å². The largest absolute Gasteiger partial charge is 0.467 e. The third-order valence-electron chi connectivity index (χ3n) is 3.06. The second-order valence-electron chi connectivity index (χ2n) is 5.03. The summed E-state index contributed by atoms with van der Waals surface area (Å²) in [6.45, 7) is 1.59. The van der Waals surface area contributed by atoms with Crippen molar-refractivity contribution in [2.75, 3.05) is 12.4 Å². The Kier molecular flexibility index (Phi) is 7.09. The van der Waals surface area contributed by atoms with Crippen molar-refractivity contribution in [2.24, 2.45) is 0 Å². The van der Waals surface area contributed by atoms with Gasteiger partial charge in [0, 0.05) is 4.90 Å². The number of hydrogen-bond acceptors (Lipinski definition) is 6. The number of ether oxygens (including phenoxy) is 1. The van der Waals surface area contributed by atoms with Gasteiger partial charge >= 0.3 is 12.0 Å². The number of urea groups is 1. The lowest BCUT2D eigenvalue weighted by molar-refractivity contribution is -0.145. The van der Waals surface area contributed by atoms with Crippen molar-refractivity contribution in [3.8, 4) is 0 Å². The SMILES string of the molecule is Cc1ccccc1SCC(=O)OCC(=O)NC(=O)NCc1ccco1. The molecule has 0 unspecified atom stereocenters. The zero-order chi connectivity index (χ0) is 18.1. The molecule has 25 heavy (non-hydrogen) atoms. The summed E-state index contributed by atoms with van der Waals surface area (Å²) in [5.74, 6) is -0.587. The van der Waals surface area contributed by atoms with Crippen LogP contribution in [0.3, 0.4) is 0 Å². The van der Waals surface area contributed by atoms with Gasteiger partial charge in [0.25, 0.3) is 5.91 Å². The summed E-state index contributed by atoms with van der Waals surface area (Å²) in [6.07, 6.45) is 1.48. The first-order valence-electron chi connectivity index (χ1n) is 7.48. The number of amides is 3. The number of esters is 1. The molecule has 1 aromatic heterocycles. The van der Waals surface area contributed by atoms with Gasteiger partial charge in [-0.05, 0) is 30.7 Å². The van der Waals surface area contributed by atoms with E-state index < -0.39 is 24.5 Å². The van der Waals surface area contributed by atoms with Crippen LogP contribution in [0.1, 0.15) is 11.3 Å². The molecule has 0 atom stereocenters. The number of benzene rings is 1. The smallest absolute Gasteiger partial charge is 0.321 e. The van der Waals surface area contributed by atoms with Crippen LogP contribution in [0.2, 0.25) is 0 Å². The first-order valence-corrected chi connectivity index (χ1v) is 8.47. The zero-order valence-electron chi connectivity index (χ0n) is 13.6. The van der Waals surface area contributed by atoms with E-state index in [1.54, 1.807) is 12.1 Å². The highest BCUT2D eigenvalue weighted by Gasteiger charge is 2.12. The number of rotatable bonds is 7. The van der Waals surface area contributed by atoms with Gasteiger partial charge in [0.1, 0.15) is 5.76 Å². The minimum atomic E-state index is -0.703. The van der Waals surface area contributed by atoms with Crippen LogP contribution < -0.4 is 10.6 Å². The van der Waals surface area contributed by atoms with Crippen molar-refractivity contribution in [2.45, 2.75) is 18.4 Å². The Hall–Kier alpha value is -2.74. The molecule has 3 amide bonds. The van der Waals surface area contributed by atoms with Crippen LogP contribution >= 0.6 is 11.8 Å². The maximum Gasteiger partial charge on any atom is 0.321 e. The van der Waals surface area contributed by atoms with E-state index in [0.717, 1.165) is 10.5 Å². The second-order valence-corrected chi connectivity index (χ2v) is 6.04. The van der Waals surface area contributed by atoms with E-state index in [2.05, 4.69) is 10.6 Å². The lowest BCUT2D eigenvalue weighted by atomic mass is 10.2. The first kappa shape index (κ1) is 18.6. The number of carbonyl (C=O) groups is 3. The molecular weight excluding hydrogens is 344 g/mol. The number of thioether (sulfide) groups is 1. The average Bonchev–Trinajstić information content (AvgIpc) is 3.11. The molecular formula is C17H18N2O5S. The average molecular weight is 362 g/mol. The molecule has 7 nitrogen and oxygen atoms in total. The maximum atomic E-state index is 11.7. The monoisotopic (exact) mass is 362 g/mol. The van der Waals surface area contributed by atoms with Crippen molar-refractivity contribution in [1.82, 2.24) is 10.6 Å². The lowest BCUT2D eigenvalue weighted by Gasteiger charge is -2.07. The van der Waals surface area contributed by atoms with E-state index in [-0.39, 0.29) is 12.3 Å². The predicted octanol–water partition coefficient (Wildman–Crippen LogP) is 2.25. The second kappa shape index (κ2) is 9.53. The summed E-state index contributed by atoms with van der Waals surface area (Å²) < 4.78 is 9.89. The molecule has 8 heteroatoms. The van der Waals surface area contributed by atoms with Crippen molar-refractivity contribution in [1.29, 1.82) is 0 Å². The van der Waals surface area contributed by atoms with Crippen LogP contribution in [0.25, 0.3) is 0 Å². The van der Waals surface area contributed by atoms with Crippen LogP contribution in [-0.2, 0) is 20.9 Å². The molecule has 0 saturated carbocycles. The Morgan fingerprint density at radius 3 is 2.68 bits per heavy atom. The van der Waals surface area contributed by atoms with Crippen LogP contribution in [0.5, 0.6) is 0 Å². The van der Waals surface area contributed by atoms with E-state index in [0.29, 0.717) is 5.76 Å². The van der Waals surface area contributed by atoms with Gasteiger partial charge in [-0.2, -0.15) is 0 Å². The van der Waals surface area contributed by atoms with Crippen molar-refractivity contribution >= 4 is 29.7 Å². The van der Waals surface area contributed by atoms with Gasteiger partial charge in [0.15, 0.2) is 6.61 Å². The summed E-state index contributed by atoms with van der Waals surface area (Å²) in [7, 11) is 0. The van der Waals surface area contributed by atoms with Crippen LogP contribution in [0.15, 0.2) is 52.0 Å². The van der Waals surface area contributed by atoms with Gasteiger partial charge in [-0.25, -0.2) is 4.79 Å². The standard InChI is InChI=1S/C17H18N2O5S/c1-12-5-2-3-7-14(12)25-11-16(21)24-10-15(20)19-17(22)18-9-13-6-4-8-23-13/h2-8H,9-11H2,1H3,(H2,18,19,20,22). The Morgan fingerprint density at radius 1 is 1.16 bits per heavy atom. The third-order valence-corrected chi connectivity index (χ3v) is 4.21. The molecule has 2 rings (SSSR count). The highest BCUT2D eigenvalue weighted by atomic mass is 32.2. The number of hydrogen-bond donors (Lipinski definition) is 2. The van der Waals surface area contributed by atoms with Crippen molar-refractivity contribution in [3.63, 3.8) is 0 Å². The van der Waals surface area contributed by atoms with Gasteiger partial charge in [0.2, 0.25) is 0 Å². The van der Waals surface area contributed by atoms with Gasteiger partial charge in [-0.1, -0.05) is 18.2 Å². The molecule has 0 fully saturated rings. The van der Waals surface area contributed by atoms with Gasteiger partial charge < -0.3 is 14.5 Å². The summed E-state index contributed by atoms with van der Waals surface area (Å²) in [4.78, 5) is 35.7. The molecule has 2 N–H and O–H groups in total. The molecule has 1 aromatic carbocycles. The number of furan rings is 1. The number of nitrogens with one attached hydrogen (secondary N) is 2. The number of carbonyl (C=O) groups excluding carboxylic acids is 3. The van der Waals surface area contributed by atoms with Crippen LogP contribution in [0.4, 0.5) is 4.79 Å². The fourth-order valence-electron chi connectivity index (χ4n) is 1.83. The molecule has 0 saturated heterocycles. The topological polar surface area (TPSA) is 97.6 Å². The molecule has 2 aromatic rings. The van der Waals surface area contributed by atoms with E-state index in [1.165, 1.54) is 18.0 Å². The fourth-order valence-corrected chi connectivity index (χ4v) is 2.66. The van der Waals surface area contributed by atoms with E-state index >= 15 is 0 Å². The first-order chi connectivity index (χ1) is 12.0. The number of imide groups is 1. The minimum Gasteiger partial charge on any atom is -0.467 e. The van der Waals surface area contributed by atoms with Crippen molar-refractivity contribution < 1.29 is 23.5 Å². The van der Waals surface area contributed by atoms with E-state index in [9.17, 15) is 14.4 Å². The summed E-state index contributed by atoms with van der Waals surface area (Å²) in [5.41, 5.74) is 1.06. The molecule has 132 valence electrons. The molecule has 0 radical (unpaired) electrons. The Morgan fingerprint density at radius 2 is 1.96 bits per heavy atom. The molecule has 1 heterocycles. The quantitative estimate of drug-likeness (QED) is 0.579. The summed E-state index contributed by atoms with van der Waals surface area (Å²) >= 11 is 1.33. The Balaban J connectivity index is 1.62. The zero-order valence-corrected chi connectivity index (χ0v) is 14.4. The van der Waals surface area contributed by atoms with Gasteiger partial charge in [-0.15, -0.1) is 11.8 Å². The van der Waals surface area contributed by atoms with Crippen molar-refractivity contribution in [3.05, 3.63) is 54.0 Å². The highest BCUT2D eigenvalue weighted by molar-refractivity contribution is 8.00. The highest BCUT2D eigenvalue weighted by Crippen LogP contribution is 2.21. The van der Waals surface area contributed by atoms with Crippen LogP contribution in [-0.4, -0.2) is 30.3 Å². The molecule has 0 aliphatic heterocycles. The van der Waals surface area contributed by atoms with Gasteiger partial charge in [0.05, 0.1) is 18.6 Å². The molecule has 0 bridgehead atoms. The van der Waals surface area contributed by atoms with Crippen LogP contribution in [0, 0.1) is 6.92 Å². The maximum absolute atomic E-state index is 11.7. The molecule has 0 aliphatic carbocycles. The predicted molar refractivity (Wildman–Crippen MR) is 91.9 cm³/mol. The van der Waals surface area contributed by atoms with E-state index in [1.807, 2.05) is 31.2 Å². The minimum absolute atomic E-state index is 0.0861. The van der Waals surface area contributed by atoms with E-state index in [4.69, 9.17) is 9.15 Å². The molecule has 0 spiro atoms. The fraction of sp³-hybridized carbons (Fsp3) is 0.235. The summed E-state index contributed by atoms with van der Waals surface area (Å²) in [5, 5.41) is 4.51. The lowest BCUT2D eigenvalue weighted by Crippen LogP contribution is -2.41. The summed E-state index contributed by atoms with van der Waals surface area (Å²) in [6, 6.07) is 10.3. The normalized spacial score (nSPS) is 10.1. The third kappa shape index (κ3) is 6.72. The molecule has 0 aliphatic rings. The number of aryl methyl sites for hydroxylation is 1.